The summed E-state index contributed by atoms with van der Waals surface area (Å²) in [6.45, 7) is 2.57. The van der Waals surface area contributed by atoms with Crippen molar-refractivity contribution in [2.45, 2.75) is 69.2 Å². The third kappa shape index (κ3) is 12.9. The molecular formula is C45H57N5O9. The van der Waals surface area contributed by atoms with Gasteiger partial charge in [-0.3, -0.25) is 14.9 Å². The van der Waals surface area contributed by atoms with Crippen molar-refractivity contribution in [1.29, 1.82) is 0 Å². The minimum absolute atomic E-state index is 0.207. The minimum atomic E-state index is -1.02. The largest absolute Gasteiger partial charge is 0.493 e. The Morgan fingerprint density at radius 2 is 1.56 bits per heavy atom. The molecule has 5 aromatic rings. The van der Waals surface area contributed by atoms with Gasteiger partial charge in [-0.25, -0.2) is 4.79 Å². The first-order valence-corrected chi connectivity index (χ1v) is 20.2. The van der Waals surface area contributed by atoms with E-state index in [1.165, 1.54) is 4.90 Å². The number of H-pyrrole nitrogens is 1. The quantitative estimate of drug-likeness (QED) is 0.0463. The number of unbranched alkanes of at least 4 members (excludes halogenated alkanes) is 1. The molecule has 4 atom stereocenters. The van der Waals surface area contributed by atoms with Crippen molar-refractivity contribution in [3.8, 4) is 17.2 Å². The molecule has 1 aliphatic rings. The SMILES string of the molecule is COc1ccccc1OCCNCC(O)COc1cccc2[nH]c3ccccc3c12.NCCCC[C@H](N[C@@H](CCc1ccccc1)C(=O)O)C(=O)N1CCC[C@H]1C(=O)O. The topological polar surface area (TPSA) is 209 Å². The standard InChI is InChI=1S/C24H26N2O4.C21H31N3O5/c1-28-21-10-4-5-11-22(21)29-14-13-25-15-17(27)16-30-23-12-6-9-20-24(23)18-7-2-3-8-19(18)26-20;22-13-5-4-9-16(19(25)24-14-6-10-18(24)21(28)29)23-17(20(26)27)12-11-15-7-2-1-3-8-15/h2-12,17,25-27H,13-16H2,1H3;1-3,7-8,16-18,23H,4-6,9-14,22H2,(H,26,27)(H,28,29)/t;16-,17-,18-/m.0/s1. The Morgan fingerprint density at radius 1 is 0.847 bits per heavy atom. The van der Waals surface area contributed by atoms with Gasteiger partial charge in [0.1, 0.15) is 37.2 Å². The van der Waals surface area contributed by atoms with E-state index in [2.05, 4.69) is 21.7 Å². The number of aliphatic hydroxyl groups is 1. The van der Waals surface area contributed by atoms with Crippen LogP contribution >= 0.6 is 0 Å². The highest BCUT2D eigenvalue weighted by Gasteiger charge is 2.38. The van der Waals surface area contributed by atoms with Crippen LogP contribution in [0, 0.1) is 0 Å². The molecule has 0 bridgehead atoms. The number of carbonyl (C=O) groups is 3. The van der Waals surface area contributed by atoms with E-state index in [1.807, 2.05) is 91.0 Å². The highest BCUT2D eigenvalue weighted by molar-refractivity contribution is 6.10. The predicted octanol–water partition coefficient (Wildman–Crippen LogP) is 4.97. The molecule has 4 aromatic carbocycles. The number of nitrogens with zero attached hydrogens (tertiary/aromatic N) is 1. The molecule has 14 nitrogen and oxygen atoms in total. The fourth-order valence-electron chi connectivity index (χ4n) is 7.21. The molecule has 2 heterocycles. The van der Waals surface area contributed by atoms with E-state index < -0.39 is 36.2 Å². The monoisotopic (exact) mass is 811 g/mol. The number of benzene rings is 4. The molecule has 1 aliphatic heterocycles. The van der Waals surface area contributed by atoms with Gasteiger partial charge in [0.25, 0.3) is 0 Å². The number of carbonyl (C=O) groups excluding carboxylic acids is 1. The van der Waals surface area contributed by atoms with Gasteiger partial charge in [0.2, 0.25) is 5.91 Å². The number of nitrogens with one attached hydrogen (secondary N) is 3. The third-order valence-corrected chi connectivity index (χ3v) is 10.2. The number of para-hydroxylation sites is 3. The van der Waals surface area contributed by atoms with Gasteiger partial charge in [-0.2, -0.15) is 0 Å². The highest BCUT2D eigenvalue weighted by atomic mass is 16.5. The van der Waals surface area contributed by atoms with Crippen molar-refractivity contribution in [2.75, 3.05) is 46.5 Å². The fourth-order valence-corrected chi connectivity index (χ4v) is 7.21. The van der Waals surface area contributed by atoms with Gasteiger partial charge < -0.3 is 50.5 Å². The zero-order chi connectivity index (χ0) is 42.0. The smallest absolute Gasteiger partial charge is 0.326 e. The lowest BCUT2D eigenvalue weighted by molar-refractivity contribution is -0.149. The Hall–Kier alpha value is -5.67. The van der Waals surface area contributed by atoms with Crippen molar-refractivity contribution in [2.24, 2.45) is 5.73 Å². The number of aromatic nitrogens is 1. The maximum atomic E-state index is 13.1. The number of carboxylic acids is 2. The van der Waals surface area contributed by atoms with Crippen molar-refractivity contribution < 1.29 is 43.9 Å². The van der Waals surface area contributed by atoms with Crippen molar-refractivity contribution >= 4 is 39.7 Å². The molecule has 14 heteroatoms. The molecule has 0 spiro atoms. The zero-order valence-corrected chi connectivity index (χ0v) is 33.6. The molecule has 8 N–H and O–H groups in total. The van der Waals surface area contributed by atoms with E-state index in [-0.39, 0.29) is 12.5 Å². The Balaban J connectivity index is 0.000000224. The number of aromatic amines is 1. The molecule has 316 valence electrons. The summed E-state index contributed by atoms with van der Waals surface area (Å²) in [6, 6.07) is 28.7. The summed E-state index contributed by atoms with van der Waals surface area (Å²) in [4.78, 5) is 41.1. The molecule has 0 aliphatic carbocycles. The molecule has 1 unspecified atom stereocenters. The van der Waals surface area contributed by atoms with Crippen LogP contribution in [0.1, 0.15) is 44.1 Å². The fraction of sp³-hybridized carbons (Fsp3) is 0.400. The van der Waals surface area contributed by atoms with Crippen LogP contribution in [0.25, 0.3) is 21.8 Å². The van der Waals surface area contributed by atoms with Crippen LogP contribution in [0.2, 0.25) is 0 Å². The van der Waals surface area contributed by atoms with Crippen LogP contribution < -0.4 is 30.6 Å². The number of nitrogens with two attached hydrogens (primary N) is 1. The molecule has 6 rings (SSSR count). The maximum Gasteiger partial charge on any atom is 0.326 e. The molecule has 1 aromatic heterocycles. The molecule has 0 saturated carbocycles. The van der Waals surface area contributed by atoms with E-state index in [4.69, 9.17) is 19.9 Å². The second kappa shape index (κ2) is 23.1. The van der Waals surface area contributed by atoms with Crippen molar-refractivity contribution in [3.63, 3.8) is 0 Å². The zero-order valence-electron chi connectivity index (χ0n) is 33.6. The minimum Gasteiger partial charge on any atom is -0.493 e. The van der Waals surface area contributed by atoms with E-state index in [9.17, 15) is 29.7 Å². The number of hydrogen-bond acceptors (Lipinski definition) is 10. The lowest BCUT2D eigenvalue weighted by Crippen LogP contribution is -2.54. The van der Waals surface area contributed by atoms with Crippen LogP contribution in [-0.2, 0) is 20.8 Å². The van der Waals surface area contributed by atoms with Crippen LogP contribution in [0.3, 0.4) is 0 Å². The lowest BCUT2D eigenvalue weighted by atomic mass is 10.0. The summed E-state index contributed by atoms with van der Waals surface area (Å²) in [6.07, 6.45) is 3.14. The summed E-state index contributed by atoms with van der Waals surface area (Å²) >= 11 is 0. The summed E-state index contributed by atoms with van der Waals surface area (Å²) in [5, 5.41) is 37.7. The van der Waals surface area contributed by atoms with Crippen LogP contribution in [0.5, 0.6) is 17.2 Å². The van der Waals surface area contributed by atoms with E-state index in [1.54, 1.807) is 7.11 Å². The van der Waals surface area contributed by atoms with Crippen molar-refractivity contribution in [3.05, 3.63) is 103 Å². The summed E-state index contributed by atoms with van der Waals surface area (Å²) < 4.78 is 16.9. The van der Waals surface area contributed by atoms with Crippen molar-refractivity contribution in [1.82, 2.24) is 20.5 Å². The number of aryl methyl sites for hydroxylation is 1. The molecular weight excluding hydrogens is 755 g/mol. The first-order chi connectivity index (χ1) is 28.7. The van der Waals surface area contributed by atoms with Gasteiger partial charge in [0.15, 0.2) is 11.5 Å². The molecule has 1 fully saturated rings. The van der Waals surface area contributed by atoms with Gasteiger partial charge >= 0.3 is 11.9 Å². The molecule has 1 saturated heterocycles. The highest BCUT2D eigenvalue weighted by Crippen LogP contribution is 2.33. The normalized spacial score (nSPS) is 15.2. The molecule has 0 radical (unpaired) electrons. The number of hydrogen-bond donors (Lipinski definition) is 7. The summed E-state index contributed by atoms with van der Waals surface area (Å²) in [5.74, 6) is -0.194. The number of aliphatic hydroxyl groups excluding tert-OH is 1. The average Bonchev–Trinajstić information content (AvgIpc) is 3.90. The van der Waals surface area contributed by atoms with E-state index in [0.717, 1.165) is 39.5 Å². The summed E-state index contributed by atoms with van der Waals surface area (Å²) in [7, 11) is 1.62. The first-order valence-electron chi connectivity index (χ1n) is 20.2. The number of aliphatic carboxylic acids is 2. The molecule has 59 heavy (non-hydrogen) atoms. The number of rotatable bonds is 22. The van der Waals surface area contributed by atoms with Gasteiger partial charge in [-0.1, -0.05) is 73.2 Å². The second-order valence-corrected chi connectivity index (χ2v) is 14.5. The summed E-state index contributed by atoms with van der Waals surface area (Å²) in [5.41, 5.74) is 8.67. The van der Waals surface area contributed by atoms with Gasteiger partial charge in [-0.15, -0.1) is 0 Å². The Morgan fingerprint density at radius 3 is 2.31 bits per heavy atom. The van der Waals surface area contributed by atoms with Gasteiger partial charge in [0, 0.05) is 35.9 Å². The average molecular weight is 812 g/mol. The third-order valence-electron chi connectivity index (χ3n) is 10.2. The van der Waals surface area contributed by atoms with E-state index >= 15 is 0 Å². The first kappa shape index (κ1) is 44.4. The second-order valence-electron chi connectivity index (χ2n) is 14.5. The maximum absolute atomic E-state index is 13.1. The van der Waals surface area contributed by atoms with Gasteiger partial charge in [-0.05, 0) is 81.0 Å². The number of methoxy groups -OCH3 is 1. The Labute approximate surface area is 344 Å². The Bertz CT molecular complexity index is 2080. The number of fused-ring (bicyclic) bond motifs is 3. The predicted molar refractivity (Wildman–Crippen MR) is 227 cm³/mol. The number of amides is 1. The van der Waals surface area contributed by atoms with Gasteiger partial charge in [0.05, 0.1) is 18.7 Å². The molecule has 1 amide bonds. The number of carboxylic acid groups (broad SMARTS) is 2. The van der Waals surface area contributed by atoms with Crippen LogP contribution in [0.15, 0.2) is 97.1 Å². The van der Waals surface area contributed by atoms with E-state index in [0.29, 0.717) is 82.8 Å². The number of likely N-dealkylation sites (tertiary alicyclic amines) is 1. The van der Waals surface area contributed by atoms with Crippen LogP contribution in [0.4, 0.5) is 0 Å². The lowest BCUT2D eigenvalue weighted by Gasteiger charge is -2.29. The van der Waals surface area contributed by atoms with Crippen LogP contribution in [-0.4, -0.2) is 114 Å². The number of ether oxygens (including phenoxy) is 3. The Kier molecular flexibility index (Phi) is 17.4.